The Kier molecular flexibility index (Phi) is 4.74. The number of aromatic nitrogens is 4. The number of benzene rings is 1. The summed E-state index contributed by atoms with van der Waals surface area (Å²) in [6, 6.07) is 7.83. The fraction of sp³-hybridized carbons (Fsp3) is 0.250. The Morgan fingerprint density at radius 1 is 1.26 bits per heavy atom. The number of sulfonamides is 1. The van der Waals surface area contributed by atoms with E-state index in [2.05, 4.69) is 20.2 Å². The number of carboxylic acid groups (broad SMARTS) is 1. The van der Waals surface area contributed by atoms with Crippen molar-refractivity contribution in [3.8, 4) is 5.69 Å². The van der Waals surface area contributed by atoms with Crippen molar-refractivity contribution >= 4 is 33.0 Å². The van der Waals surface area contributed by atoms with Gasteiger partial charge < -0.3 is 5.11 Å². The first kappa shape index (κ1) is 19.0. The zero-order valence-corrected chi connectivity index (χ0v) is 16.4. The second-order valence-electron chi connectivity index (χ2n) is 6.74. The molecule has 1 aromatic carbocycles. The van der Waals surface area contributed by atoms with Crippen LogP contribution in [0.2, 0.25) is 0 Å². The molecule has 3 rings (SSSR count). The molecule has 2 N–H and O–H groups in total. The fourth-order valence-electron chi connectivity index (χ4n) is 2.43. The summed E-state index contributed by atoms with van der Waals surface area (Å²) in [6.07, 6.45) is 1.35. The molecule has 0 aliphatic carbocycles. The van der Waals surface area contributed by atoms with Crippen molar-refractivity contribution < 1.29 is 18.3 Å². The molecule has 0 saturated carbocycles. The average Bonchev–Trinajstić information content (AvgIpc) is 3.25. The molecule has 0 fully saturated rings. The van der Waals surface area contributed by atoms with Crippen molar-refractivity contribution in [1.29, 1.82) is 0 Å². The number of carboxylic acids is 1. The quantitative estimate of drug-likeness (QED) is 0.665. The minimum Gasteiger partial charge on any atom is -0.477 e. The number of hydrogen-bond acceptors (Lipinski definition) is 7. The predicted molar refractivity (Wildman–Crippen MR) is 99.9 cm³/mol. The Labute approximate surface area is 159 Å². The molecule has 0 amide bonds. The Hall–Kier alpha value is -2.79. The standard InChI is InChI=1S/C16H17N5O4S2/c1-16(2,3)14-13(8-12(26-14)15(22)23)27(24,25)18-10-6-4-5-7-11(10)21-9-17-19-20-21/h4-9,18H,1-3H3,(H,22,23). The summed E-state index contributed by atoms with van der Waals surface area (Å²) < 4.78 is 30.0. The lowest BCUT2D eigenvalue weighted by molar-refractivity contribution is 0.0702. The molecule has 2 heterocycles. The molecule has 0 unspecified atom stereocenters. The van der Waals surface area contributed by atoms with Crippen LogP contribution in [0.3, 0.4) is 0 Å². The summed E-state index contributed by atoms with van der Waals surface area (Å²) in [5, 5.41) is 20.2. The van der Waals surface area contributed by atoms with Gasteiger partial charge in [0.25, 0.3) is 10.0 Å². The van der Waals surface area contributed by atoms with E-state index in [1.165, 1.54) is 17.1 Å². The van der Waals surface area contributed by atoms with Gasteiger partial charge in [-0.05, 0) is 34.0 Å². The van der Waals surface area contributed by atoms with Crippen molar-refractivity contribution in [3.63, 3.8) is 0 Å². The number of thiophene rings is 1. The Morgan fingerprint density at radius 2 is 1.96 bits per heavy atom. The summed E-state index contributed by atoms with van der Waals surface area (Å²) >= 11 is 0.958. The third-order valence-electron chi connectivity index (χ3n) is 3.62. The SMILES string of the molecule is CC(C)(C)c1sc(C(=O)O)cc1S(=O)(=O)Nc1ccccc1-n1cnnn1. The lowest BCUT2D eigenvalue weighted by Gasteiger charge is -2.19. The maximum absolute atomic E-state index is 13.1. The van der Waals surface area contributed by atoms with Crippen LogP contribution >= 0.6 is 11.3 Å². The molecule has 9 nitrogen and oxygen atoms in total. The van der Waals surface area contributed by atoms with Crippen LogP contribution < -0.4 is 4.72 Å². The number of nitrogens with one attached hydrogen (secondary N) is 1. The first-order valence-electron chi connectivity index (χ1n) is 7.82. The maximum atomic E-state index is 13.1. The van der Waals surface area contributed by atoms with Crippen LogP contribution in [-0.4, -0.2) is 39.7 Å². The van der Waals surface area contributed by atoms with Crippen LogP contribution in [0, 0.1) is 0 Å². The van der Waals surface area contributed by atoms with E-state index in [4.69, 9.17) is 0 Å². The van der Waals surface area contributed by atoms with Gasteiger partial charge in [0.2, 0.25) is 0 Å². The van der Waals surface area contributed by atoms with Gasteiger partial charge in [0.15, 0.2) is 0 Å². The molecule has 0 atom stereocenters. The van der Waals surface area contributed by atoms with Crippen LogP contribution in [0.5, 0.6) is 0 Å². The van der Waals surface area contributed by atoms with Crippen molar-refractivity contribution in [2.24, 2.45) is 0 Å². The molecule has 142 valence electrons. The zero-order chi connectivity index (χ0) is 19.8. The summed E-state index contributed by atoms with van der Waals surface area (Å²) in [6.45, 7) is 5.50. The molecule has 0 aliphatic rings. The summed E-state index contributed by atoms with van der Waals surface area (Å²) in [7, 11) is -4.04. The maximum Gasteiger partial charge on any atom is 0.345 e. The number of anilines is 1. The first-order valence-corrected chi connectivity index (χ1v) is 10.1. The summed E-state index contributed by atoms with van der Waals surface area (Å²) in [4.78, 5) is 11.7. The van der Waals surface area contributed by atoms with E-state index in [-0.39, 0.29) is 15.5 Å². The van der Waals surface area contributed by atoms with E-state index in [1.807, 2.05) is 20.8 Å². The topological polar surface area (TPSA) is 127 Å². The van der Waals surface area contributed by atoms with Crippen LogP contribution in [0.1, 0.15) is 35.3 Å². The normalized spacial score (nSPS) is 12.1. The third-order valence-corrected chi connectivity index (χ3v) is 6.69. The van der Waals surface area contributed by atoms with E-state index < -0.39 is 21.4 Å². The second-order valence-corrected chi connectivity index (χ2v) is 9.44. The van der Waals surface area contributed by atoms with Gasteiger partial charge in [-0.15, -0.1) is 16.4 Å². The highest BCUT2D eigenvalue weighted by Crippen LogP contribution is 2.37. The van der Waals surface area contributed by atoms with E-state index in [0.29, 0.717) is 10.6 Å². The molecular weight excluding hydrogens is 390 g/mol. The zero-order valence-electron chi connectivity index (χ0n) is 14.7. The molecule has 11 heteroatoms. The smallest absolute Gasteiger partial charge is 0.345 e. The van der Waals surface area contributed by atoms with E-state index >= 15 is 0 Å². The van der Waals surface area contributed by atoms with Gasteiger partial charge in [0.05, 0.1) is 11.4 Å². The fourth-order valence-corrected chi connectivity index (χ4v) is 5.31. The van der Waals surface area contributed by atoms with Gasteiger partial charge in [-0.1, -0.05) is 32.9 Å². The van der Waals surface area contributed by atoms with Crippen LogP contribution in [0.25, 0.3) is 5.69 Å². The van der Waals surface area contributed by atoms with Gasteiger partial charge >= 0.3 is 5.97 Å². The van der Waals surface area contributed by atoms with E-state index in [0.717, 1.165) is 11.3 Å². The van der Waals surface area contributed by atoms with Crippen LogP contribution in [0.15, 0.2) is 41.6 Å². The van der Waals surface area contributed by atoms with Crippen molar-refractivity contribution in [3.05, 3.63) is 46.4 Å². The third kappa shape index (κ3) is 3.83. The van der Waals surface area contributed by atoms with Gasteiger partial charge in [-0.25, -0.2) is 13.2 Å². The van der Waals surface area contributed by atoms with E-state index in [9.17, 15) is 18.3 Å². The second kappa shape index (κ2) is 6.74. The molecule has 0 radical (unpaired) electrons. The number of hydrogen-bond donors (Lipinski definition) is 2. The van der Waals surface area contributed by atoms with Gasteiger partial charge in [-0.3, -0.25) is 4.72 Å². The minimum absolute atomic E-state index is 0.0333. The van der Waals surface area contributed by atoms with E-state index in [1.54, 1.807) is 24.3 Å². The first-order chi connectivity index (χ1) is 12.6. The molecule has 27 heavy (non-hydrogen) atoms. The van der Waals surface area contributed by atoms with Crippen molar-refractivity contribution in [1.82, 2.24) is 20.2 Å². The number of rotatable bonds is 5. The number of nitrogens with zero attached hydrogens (tertiary/aromatic N) is 4. The molecule has 2 aromatic heterocycles. The van der Waals surface area contributed by atoms with Gasteiger partial charge in [-0.2, -0.15) is 4.68 Å². The Bertz CT molecular complexity index is 1080. The average molecular weight is 407 g/mol. The monoisotopic (exact) mass is 407 g/mol. The number of para-hydroxylation sites is 2. The largest absolute Gasteiger partial charge is 0.477 e. The lowest BCUT2D eigenvalue weighted by Crippen LogP contribution is -2.19. The van der Waals surface area contributed by atoms with Gasteiger partial charge in [0.1, 0.15) is 16.1 Å². The minimum atomic E-state index is -4.04. The predicted octanol–water partition coefficient (Wildman–Crippen LogP) is 2.52. The number of aromatic carboxylic acids is 1. The highest BCUT2D eigenvalue weighted by molar-refractivity contribution is 7.93. The van der Waals surface area contributed by atoms with Gasteiger partial charge in [0, 0.05) is 4.88 Å². The highest BCUT2D eigenvalue weighted by Gasteiger charge is 2.31. The Balaban J connectivity index is 2.09. The summed E-state index contributed by atoms with van der Waals surface area (Å²) in [5.41, 5.74) is 0.169. The Morgan fingerprint density at radius 3 is 2.56 bits per heavy atom. The molecule has 0 saturated heterocycles. The molecule has 0 spiro atoms. The van der Waals surface area contributed by atoms with Crippen molar-refractivity contribution in [2.75, 3.05) is 4.72 Å². The lowest BCUT2D eigenvalue weighted by atomic mass is 9.95. The molecule has 3 aromatic rings. The molecule has 0 bridgehead atoms. The number of carbonyl (C=O) groups is 1. The van der Waals surface area contributed by atoms with Crippen LogP contribution in [-0.2, 0) is 15.4 Å². The number of tetrazole rings is 1. The van der Waals surface area contributed by atoms with Crippen LogP contribution in [0.4, 0.5) is 5.69 Å². The van der Waals surface area contributed by atoms with Crippen molar-refractivity contribution in [2.45, 2.75) is 31.1 Å². The molecule has 0 aliphatic heterocycles. The summed E-state index contributed by atoms with van der Waals surface area (Å²) in [5.74, 6) is -1.17. The molecular formula is C16H17N5O4S2. The highest BCUT2D eigenvalue weighted by atomic mass is 32.2.